The molecule has 14 heavy (non-hydrogen) atoms. The lowest BCUT2D eigenvalue weighted by atomic mass is 10.1. The highest BCUT2D eigenvalue weighted by atomic mass is 15.0. The van der Waals surface area contributed by atoms with Crippen LogP contribution in [0.4, 0.5) is 0 Å². The molecule has 0 saturated carbocycles. The molecule has 0 amide bonds. The van der Waals surface area contributed by atoms with Crippen molar-refractivity contribution < 1.29 is 0 Å². The summed E-state index contributed by atoms with van der Waals surface area (Å²) in [5.41, 5.74) is 1.89. The lowest BCUT2D eigenvalue weighted by molar-refractivity contribution is 0.530. The van der Waals surface area contributed by atoms with E-state index in [2.05, 4.69) is 21.2 Å². The van der Waals surface area contributed by atoms with Crippen molar-refractivity contribution in [3.63, 3.8) is 0 Å². The fourth-order valence-corrected chi connectivity index (χ4v) is 1.35. The number of aromatic nitrogens is 2. The Labute approximate surface area is 85.0 Å². The summed E-state index contributed by atoms with van der Waals surface area (Å²) in [6, 6.07) is 0.182. The van der Waals surface area contributed by atoms with Gasteiger partial charge in [0, 0.05) is 18.4 Å². The molecule has 0 aliphatic carbocycles. The Hall–Kier alpha value is -1.40. The van der Waals surface area contributed by atoms with Crippen molar-refractivity contribution in [3.05, 3.63) is 23.8 Å². The first-order chi connectivity index (χ1) is 6.65. The summed E-state index contributed by atoms with van der Waals surface area (Å²) < 4.78 is 0. The molecule has 0 spiro atoms. The second-order valence-corrected chi connectivity index (χ2v) is 3.30. The van der Waals surface area contributed by atoms with Crippen LogP contribution in [0.3, 0.4) is 0 Å². The van der Waals surface area contributed by atoms with Crippen LogP contribution in [-0.2, 0) is 0 Å². The smallest absolute Gasteiger partial charge is 0.0782 e. The molecule has 1 aromatic heterocycles. The van der Waals surface area contributed by atoms with Gasteiger partial charge in [0.1, 0.15) is 0 Å². The number of rotatable bonds is 3. The van der Waals surface area contributed by atoms with Crippen LogP contribution in [-0.4, -0.2) is 16.0 Å². The average molecular weight is 189 g/mol. The van der Waals surface area contributed by atoms with E-state index in [4.69, 9.17) is 6.42 Å². The summed E-state index contributed by atoms with van der Waals surface area (Å²) in [7, 11) is 0. The molecule has 74 valence electrons. The molecule has 1 rings (SSSR count). The van der Waals surface area contributed by atoms with Gasteiger partial charge in [-0.25, -0.2) is 0 Å². The van der Waals surface area contributed by atoms with E-state index in [0.29, 0.717) is 0 Å². The number of nitrogens with one attached hydrogen (secondary N) is 1. The van der Waals surface area contributed by atoms with Gasteiger partial charge in [0.05, 0.1) is 17.4 Å². The first-order valence-corrected chi connectivity index (χ1v) is 4.65. The first-order valence-electron chi connectivity index (χ1n) is 4.65. The molecule has 0 bridgehead atoms. The van der Waals surface area contributed by atoms with E-state index in [1.54, 1.807) is 12.4 Å². The molecule has 1 heterocycles. The van der Waals surface area contributed by atoms with E-state index in [9.17, 15) is 0 Å². The predicted octanol–water partition coefficient (Wildman–Crippen LogP) is 1.46. The third-order valence-corrected chi connectivity index (χ3v) is 2.08. The fourth-order valence-electron chi connectivity index (χ4n) is 1.35. The number of aryl methyl sites for hydroxylation is 1. The Morgan fingerprint density at radius 1 is 1.36 bits per heavy atom. The van der Waals surface area contributed by atoms with Crippen molar-refractivity contribution in [3.8, 4) is 12.3 Å². The zero-order valence-electron chi connectivity index (χ0n) is 8.78. The van der Waals surface area contributed by atoms with E-state index in [0.717, 1.165) is 11.4 Å². The van der Waals surface area contributed by atoms with Crippen molar-refractivity contribution in [2.24, 2.45) is 0 Å². The average Bonchev–Trinajstić information content (AvgIpc) is 2.18. The lowest BCUT2D eigenvalue weighted by Crippen LogP contribution is -2.28. The highest BCUT2D eigenvalue weighted by molar-refractivity contribution is 5.13. The zero-order valence-corrected chi connectivity index (χ0v) is 8.78. The SMILES string of the molecule is C#CC(C)NC(C)c1nccnc1C. The fraction of sp³-hybridized carbons (Fsp3) is 0.455. The van der Waals surface area contributed by atoms with Gasteiger partial charge in [-0.1, -0.05) is 5.92 Å². The Bertz CT molecular complexity index is 341. The minimum Gasteiger partial charge on any atom is -0.296 e. The van der Waals surface area contributed by atoms with E-state index in [1.807, 2.05) is 20.8 Å². The summed E-state index contributed by atoms with van der Waals surface area (Å²) in [6.45, 7) is 5.92. The summed E-state index contributed by atoms with van der Waals surface area (Å²) >= 11 is 0. The molecule has 0 fully saturated rings. The molecule has 0 radical (unpaired) electrons. The second kappa shape index (κ2) is 4.73. The predicted molar refractivity (Wildman–Crippen MR) is 56.6 cm³/mol. The van der Waals surface area contributed by atoms with Gasteiger partial charge in [-0.2, -0.15) is 0 Å². The molecule has 0 aromatic carbocycles. The van der Waals surface area contributed by atoms with E-state index < -0.39 is 0 Å². The van der Waals surface area contributed by atoms with Crippen molar-refractivity contribution in [1.82, 2.24) is 15.3 Å². The molecule has 1 aromatic rings. The summed E-state index contributed by atoms with van der Waals surface area (Å²) in [4.78, 5) is 8.45. The highest BCUT2D eigenvalue weighted by Crippen LogP contribution is 2.11. The van der Waals surface area contributed by atoms with Crippen molar-refractivity contribution in [2.75, 3.05) is 0 Å². The molecule has 3 heteroatoms. The van der Waals surface area contributed by atoms with Crippen LogP contribution in [0.5, 0.6) is 0 Å². The molecular formula is C11H15N3. The van der Waals surface area contributed by atoms with Gasteiger partial charge >= 0.3 is 0 Å². The van der Waals surface area contributed by atoms with Crippen LogP contribution in [0.25, 0.3) is 0 Å². The third-order valence-electron chi connectivity index (χ3n) is 2.08. The maximum atomic E-state index is 5.29. The number of nitrogens with zero attached hydrogens (tertiary/aromatic N) is 2. The van der Waals surface area contributed by atoms with Crippen molar-refractivity contribution >= 4 is 0 Å². The third kappa shape index (κ3) is 2.54. The van der Waals surface area contributed by atoms with Crippen LogP contribution in [0.2, 0.25) is 0 Å². The first kappa shape index (κ1) is 10.7. The standard InChI is InChI=1S/C11H15N3/c1-5-8(2)14-10(4)11-9(3)12-6-7-13-11/h1,6-8,10,14H,2-4H3. The summed E-state index contributed by atoms with van der Waals surface area (Å²) in [5, 5.41) is 3.25. The maximum absolute atomic E-state index is 5.29. The minimum absolute atomic E-state index is 0.0476. The topological polar surface area (TPSA) is 37.8 Å². The second-order valence-electron chi connectivity index (χ2n) is 3.30. The minimum atomic E-state index is 0.0476. The van der Waals surface area contributed by atoms with Gasteiger partial charge < -0.3 is 0 Å². The largest absolute Gasteiger partial charge is 0.296 e. The van der Waals surface area contributed by atoms with Gasteiger partial charge in [-0.05, 0) is 20.8 Å². The molecule has 0 aliphatic rings. The molecule has 0 saturated heterocycles. The quantitative estimate of drug-likeness (QED) is 0.731. The van der Waals surface area contributed by atoms with Gasteiger partial charge in [-0.3, -0.25) is 15.3 Å². The molecule has 3 nitrogen and oxygen atoms in total. The van der Waals surface area contributed by atoms with Crippen LogP contribution >= 0.6 is 0 Å². The van der Waals surface area contributed by atoms with Crippen LogP contribution in [0.1, 0.15) is 31.3 Å². The molecular weight excluding hydrogens is 174 g/mol. The van der Waals surface area contributed by atoms with E-state index in [1.165, 1.54) is 0 Å². The number of terminal acetylenes is 1. The van der Waals surface area contributed by atoms with Crippen LogP contribution in [0, 0.1) is 19.3 Å². The van der Waals surface area contributed by atoms with E-state index in [-0.39, 0.29) is 12.1 Å². The Kier molecular flexibility index (Phi) is 3.61. The summed E-state index contributed by atoms with van der Waals surface area (Å²) in [5.74, 6) is 2.63. The summed E-state index contributed by atoms with van der Waals surface area (Å²) in [6.07, 6.45) is 8.67. The van der Waals surface area contributed by atoms with Gasteiger partial charge in [-0.15, -0.1) is 6.42 Å². The van der Waals surface area contributed by atoms with Crippen molar-refractivity contribution in [1.29, 1.82) is 0 Å². The van der Waals surface area contributed by atoms with Crippen LogP contribution in [0.15, 0.2) is 12.4 Å². The van der Waals surface area contributed by atoms with Gasteiger partial charge in [0.25, 0.3) is 0 Å². The maximum Gasteiger partial charge on any atom is 0.0782 e. The Balaban J connectivity index is 2.75. The number of hydrogen-bond acceptors (Lipinski definition) is 3. The monoisotopic (exact) mass is 189 g/mol. The van der Waals surface area contributed by atoms with Gasteiger partial charge in [0.2, 0.25) is 0 Å². The van der Waals surface area contributed by atoms with E-state index >= 15 is 0 Å². The Morgan fingerprint density at radius 3 is 2.57 bits per heavy atom. The molecule has 2 atom stereocenters. The molecule has 0 aliphatic heterocycles. The lowest BCUT2D eigenvalue weighted by Gasteiger charge is -2.16. The number of hydrogen-bond donors (Lipinski definition) is 1. The normalized spacial score (nSPS) is 14.4. The zero-order chi connectivity index (χ0) is 10.6. The molecule has 1 N–H and O–H groups in total. The highest BCUT2D eigenvalue weighted by Gasteiger charge is 2.11. The van der Waals surface area contributed by atoms with Crippen LogP contribution < -0.4 is 5.32 Å². The Morgan fingerprint density at radius 2 is 2.00 bits per heavy atom. The van der Waals surface area contributed by atoms with Crippen molar-refractivity contribution in [2.45, 2.75) is 32.9 Å². The van der Waals surface area contributed by atoms with Gasteiger partial charge in [0.15, 0.2) is 0 Å². The molecule has 2 unspecified atom stereocenters.